The predicted molar refractivity (Wildman–Crippen MR) is 103 cm³/mol. The van der Waals surface area contributed by atoms with Gasteiger partial charge in [-0.3, -0.25) is 4.79 Å². The van der Waals surface area contributed by atoms with Gasteiger partial charge in [0.15, 0.2) is 11.5 Å². The lowest BCUT2D eigenvalue weighted by molar-refractivity contribution is -0.130. The molecule has 1 saturated heterocycles. The number of aromatic carboxylic acids is 1. The van der Waals surface area contributed by atoms with Crippen LogP contribution in [0.25, 0.3) is 0 Å². The molecule has 0 saturated carbocycles. The van der Waals surface area contributed by atoms with E-state index in [2.05, 4.69) is 4.98 Å². The van der Waals surface area contributed by atoms with E-state index in [9.17, 15) is 14.7 Å². The number of carboxylic acids is 1. The molecule has 0 unspecified atom stereocenters. The molecule has 3 rings (SSSR count). The molecule has 1 amide bonds. The highest BCUT2D eigenvalue weighted by molar-refractivity contribution is 5.93. The Hall–Kier alpha value is -3.29. The summed E-state index contributed by atoms with van der Waals surface area (Å²) in [6.45, 7) is 2.10. The van der Waals surface area contributed by atoms with E-state index in [-0.39, 0.29) is 17.9 Å². The van der Waals surface area contributed by atoms with Crippen molar-refractivity contribution in [3.05, 3.63) is 47.7 Å². The number of nitrogens with zero attached hydrogens (tertiary/aromatic N) is 3. The molecular formula is C20H23N3O5. The Morgan fingerprint density at radius 3 is 2.43 bits per heavy atom. The Labute approximate surface area is 163 Å². The third-order valence-corrected chi connectivity index (χ3v) is 4.75. The van der Waals surface area contributed by atoms with Crippen LogP contribution in [0.4, 0.5) is 5.82 Å². The van der Waals surface area contributed by atoms with Gasteiger partial charge in [0.1, 0.15) is 11.4 Å². The number of carbonyl (C=O) groups excluding carboxylic acids is 1. The Morgan fingerprint density at radius 2 is 1.79 bits per heavy atom. The van der Waals surface area contributed by atoms with Crippen LogP contribution in [0.1, 0.15) is 15.9 Å². The lowest BCUT2D eigenvalue weighted by Gasteiger charge is -2.36. The van der Waals surface area contributed by atoms with Crippen LogP contribution >= 0.6 is 0 Å². The molecule has 2 aromatic rings. The predicted octanol–water partition coefficient (Wildman–Crippen LogP) is 1.69. The quantitative estimate of drug-likeness (QED) is 0.809. The molecule has 2 heterocycles. The van der Waals surface area contributed by atoms with E-state index in [1.165, 1.54) is 0 Å². The van der Waals surface area contributed by atoms with Crippen molar-refractivity contribution >= 4 is 17.7 Å². The standard InChI is InChI=1S/C20H23N3O5/c1-27-16-6-5-14(12-17(16)28-2)13-18(24)22-8-10-23(11-9-22)19-15(20(25)26)4-3-7-21-19/h3-7,12H,8-11,13H2,1-2H3,(H,25,26). The van der Waals surface area contributed by atoms with E-state index >= 15 is 0 Å². The van der Waals surface area contributed by atoms with Crippen molar-refractivity contribution in [1.82, 2.24) is 9.88 Å². The van der Waals surface area contributed by atoms with Crippen LogP contribution in [-0.4, -0.2) is 67.3 Å². The van der Waals surface area contributed by atoms with Crippen LogP contribution in [0, 0.1) is 0 Å². The first kappa shape index (κ1) is 19.5. The van der Waals surface area contributed by atoms with Gasteiger partial charge >= 0.3 is 5.97 Å². The summed E-state index contributed by atoms with van der Waals surface area (Å²) < 4.78 is 10.5. The van der Waals surface area contributed by atoms with Gasteiger partial charge in [-0.1, -0.05) is 6.07 Å². The Morgan fingerprint density at radius 1 is 1.07 bits per heavy atom. The van der Waals surface area contributed by atoms with E-state index < -0.39 is 5.97 Å². The third-order valence-electron chi connectivity index (χ3n) is 4.75. The molecule has 0 aliphatic carbocycles. The summed E-state index contributed by atoms with van der Waals surface area (Å²) in [5.74, 6) is 0.675. The van der Waals surface area contributed by atoms with Gasteiger partial charge in [-0.05, 0) is 29.8 Å². The average Bonchev–Trinajstić information content (AvgIpc) is 2.73. The van der Waals surface area contributed by atoms with Crippen molar-refractivity contribution in [2.75, 3.05) is 45.3 Å². The number of ether oxygens (including phenoxy) is 2. The zero-order chi connectivity index (χ0) is 20.1. The van der Waals surface area contributed by atoms with Crippen LogP contribution in [0.2, 0.25) is 0 Å². The number of pyridine rings is 1. The second-order valence-corrected chi connectivity index (χ2v) is 6.41. The van der Waals surface area contributed by atoms with Gasteiger partial charge in [-0.25, -0.2) is 9.78 Å². The molecule has 28 heavy (non-hydrogen) atoms. The highest BCUT2D eigenvalue weighted by atomic mass is 16.5. The molecule has 148 valence electrons. The highest BCUT2D eigenvalue weighted by Crippen LogP contribution is 2.28. The number of piperazine rings is 1. The fraction of sp³-hybridized carbons (Fsp3) is 0.350. The maximum absolute atomic E-state index is 12.7. The van der Waals surface area contributed by atoms with Gasteiger partial charge < -0.3 is 24.4 Å². The minimum atomic E-state index is -1.00. The fourth-order valence-corrected chi connectivity index (χ4v) is 3.26. The van der Waals surface area contributed by atoms with E-state index in [1.54, 1.807) is 49.6 Å². The Balaban J connectivity index is 1.62. The van der Waals surface area contributed by atoms with Gasteiger partial charge in [0.25, 0.3) is 0 Å². The first-order valence-electron chi connectivity index (χ1n) is 8.95. The molecule has 0 atom stereocenters. The number of rotatable bonds is 6. The fourth-order valence-electron chi connectivity index (χ4n) is 3.26. The normalized spacial score (nSPS) is 13.9. The summed E-state index contributed by atoms with van der Waals surface area (Å²) in [6.07, 6.45) is 1.85. The van der Waals surface area contributed by atoms with Crippen LogP contribution in [0.5, 0.6) is 11.5 Å². The van der Waals surface area contributed by atoms with E-state index in [1.807, 2.05) is 11.0 Å². The van der Waals surface area contributed by atoms with Gasteiger partial charge in [-0.2, -0.15) is 0 Å². The maximum Gasteiger partial charge on any atom is 0.339 e. The summed E-state index contributed by atoms with van der Waals surface area (Å²) in [4.78, 5) is 32.0. The number of methoxy groups -OCH3 is 2. The molecule has 1 aliphatic heterocycles. The van der Waals surface area contributed by atoms with Gasteiger partial charge in [0.2, 0.25) is 5.91 Å². The molecule has 8 nitrogen and oxygen atoms in total. The maximum atomic E-state index is 12.7. The third kappa shape index (κ3) is 4.16. The monoisotopic (exact) mass is 385 g/mol. The first-order chi connectivity index (χ1) is 13.5. The lowest BCUT2D eigenvalue weighted by atomic mass is 10.1. The smallest absolute Gasteiger partial charge is 0.339 e. The number of aromatic nitrogens is 1. The van der Waals surface area contributed by atoms with E-state index in [0.29, 0.717) is 43.5 Å². The molecule has 0 bridgehead atoms. The van der Waals surface area contributed by atoms with E-state index in [4.69, 9.17) is 9.47 Å². The average molecular weight is 385 g/mol. The number of hydrogen-bond acceptors (Lipinski definition) is 6. The molecule has 1 N–H and O–H groups in total. The summed E-state index contributed by atoms with van der Waals surface area (Å²) in [6, 6.07) is 8.59. The van der Waals surface area contributed by atoms with E-state index in [0.717, 1.165) is 5.56 Å². The molecule has 1 aromatic heterocycles. The molecule has 1 aliphatic rings. The van der Waals surface area contributed by atoms with Crippen LogP contribution in [0.15, 0.2) is 36.5 Å². The number of carboxylic acid groups (broad SMARTS) is 1. The lowest BCUT2D eigenvalue weighted by Crippen LogP contribution is -2.49. The number of benzene rings is 1. The van der Waals surface area contributed by atoms with Gasteiger partial charge in [-0.15, -0.1) is 0 Å². The van der Waals surface area contributed by atoms with Gasteiger partial charge in [0, 0.05) is 32.4 Å². The molecule has 1 fully saturated rings. The number of amides is 1. The SMILES string of the molecule is COc1ccc(CC(=O)N2CCN(c3ncccc3C(=O)O)CC2)cc1OC. The van der Waals surface area contributed by atoms with Crippen molar-refractivity contribution in [1.29, 1.82) is 0 Å². The topological polar surface area (TPSA) is 92.2 Å². The van der Waals surface area contributed by atoms with Crippen molar-refractivity contribution in [2.45, 2.75) is 6.42 Å². The molecule has 0 spiro atoms. The van der Waals surface area contributed by atoms with Crippen molar-refractivity contribution < 1.29 is 24.2 Å². The Bertz CT molecular complexity index is 863. The second kappa shape index (κ2) is 8.60. The van der Waals surface area contributed by atoms with Crippen LogP contribution < -0.4 is 14.4 Å². The minimum Gasteiger partial charge on any atom is -0.493 e. The van der Waals surface area contributed by atoms with Crippen molar-refractivity contribution in [3.63, 3.8) is 0 Å². The summed E-state index contributed by atoms with van der Waals surface area (Å²) in [7, 11) is 3.13. The molecule has 1 aromatic carbocycles. The number of hydrogen-bond donors (Lipinski definition) is 1. The minimum absolute atomic E-state index is 0.0198. The van der Waals surface area contributed by atoms with Crippen LogP contribution in [-0.2, 0) is 11.2 Å². The number of anilines is 1. The second-order valence-electron chi connectivity index (χ2n) is 6.41. The largest absolute Gasteiger partial charge is 0.493 e. The van der Waals surface area contributed by atoms with Crippen LogP contribution in [0.3, 0.4) is 0 Å². The zero-order valence-electron chi connectivity index (χ0n) is 15.9. The summed E-state index contributed by atoms with van der Waals surface area (Å²) in [5, 5.41) is 9.33. The summed E-state index contributed by atoms with van der Waals surface area (Å²) >= 11 is 0. The first-order valence-corrected chi connectivity index (χ1v) is 8.95. The van der Waals surface area contributed by atoms with Gasteiger partial charge in [0.05, 0.1) is 20.6 Å². The number of carbonyl (C=O) groups is 2. The zero-order valence-corrected chi connectivity index (χ0v) is 15.9. The molecular weight excluding hydrogens is 362 g/mol. The summed E-state index contributed by atoms with van der Waals surface area (Å²) in [5.41, 5.74) is 1.02. The van der Waals surface area contributed by atoms with Crippen molar-refractivity contribution in [2.24, 2.45) is 0 Å². The molecule has 8 heteroatoms. The van der Waals surface area contributed by atoms with Crippen molar-refractivity contribution in [3.8, 4) is 11.5 Å². The molecule has 0 radical (unpaired) electrons. The Kier molecular flexibility index (Phi) is 5.98. The highest BCUT2D eigenvalue weighted by Gasteiger charge is 2.25.